The van der Waals surface area contributed by atoms with Gasteiger partial charge in [-0.3, -0.25) is 4.79 Å². The number of hydrogen-bond acceptors (Lipinski definition) is 4. The lowest BCUT2D eigenvalue weighted by Crippen LogP contribution is -2.47. The number of ether oxygens (including phenoxy) is 1. The Morgan fingerprint density at radius 3 is 2.65 bits per heavy atom. The fraction of sp³-hybridized carbons (Fsp3) is 0.211. The minimum Gasteiger partial charge on any atom is -0.450 e. The van der Waals surface area contributed by atoms with E-state index in [9.17, 15) is 9.59 Å². The Balaban J connectivity index is 2.02. The third-order valence-electron chi connectivity index (χ3n) is 3.40. The largest absolute Gasteiger partial charge is 0.450 e. The molecule has 136 valence electrons. The van der Waals surface area contributed by atoms with Gasteiger partial charge in [0.2, 0.25) is 0 Å². The van der Waals surface area contributed by atoms with Crippen molar-refractivity contribution in [3.8, 4) is 0 Å². The van der Waals surface area contributed by atoms with Gasteiger partial charge in [-0.1, -0.05) is 58.4 Å². The van der Waals surface area contributed by atoms with E-state index in [4.69, 9.17) is 4.74 Å². The molecule has 1 atom stereocenters. The van der Waals surface area contributed by atoms with Gasteiger partial charge in [-0.25, -0.2) is 10.2 Å². The quantitative estimate of drug-likeness (QED) is 0.535. The molecule has 0 saturated heterocycles. The maximum atomic E-state index is 12.4. The number of nitrogens with zero attached hydrogens (tertiary/aromatic N) is 1. The van der Waals surface area contributed by atoms with Crippen LogP contribution in [-0.2, 0) is 16.0 Å². The summed E-state index contributed by atoms with van der Waals surface area (Å²) < 4.78 is 5.79. The average Bonchev–Trinajstić information content (AvgIpc) is 2.62. The molecule has 0 spiro atoms. The summed E-state index contributed by atoms with van der Waals surface area (Å²) in [5.74, 6) is -0.423. The van der Waals surface area contributed by atoms with Crippen LogP contribution < -0.4 is 10.7 Å². The second kappa shape index (κ2) is 10.4. The van der Waals surface area contributed by atoms with E-state index in [0.717, 1.165) is 15.6 Å². The van der Waals surface area contributed by atoms with Crippen LogP contribution in [0.1, 0.15) is 18.1 Å². The van der Waals surface area contributed by atoms with Gasteiger partial charge in [0.1, 0.15) is 6.04 Å². The van der Waals surface area contributed by atoms with Crippen LogP contribution in [0.4, 0.5) is 4.79 Å². The van der Waals surface area contributed by atoms with Crippen LogP contribution in [0.2, 0.25) is 0 Å². The Morgan fingerprint density at radius 1 is 1.19 bits per heavy atom. The SMILES string of the molecule is CCOC(=O)N[C@H](Cc1ccccc1)C(=O)N/N=C\c1cccc(Br)c1. The van der Waals surface area contributed by atoms with Crippen LogP contribution in [0.15, 0.2) is 64.2 Å². The molecule has 0 fully saturated rings. The molecule has 0 aliphatic heterocycles. The Labute approximate surface area is 160 Å². The van der Waals surface area contributed by atoms with Crippen LogP contribution in [-0.4, -0.2) is 30.9 Å². The van der Waals surface area contributed by atoms with Gasteiger partial charge in [-0.05, 0) is 30.2 Å². The highest BCUT2D eigenvalue weighted by molar-refractivity contribution is 9.10. The van der Waals surface area contributed by atoms with Gasteiger partial charge in [0.25, 0.3) is 5.91 Å². The van der Waals surface area contributed by atoms with E-state index in [-0.39, 0.29) is 6.61 Å². The first-order valence-electron chi connectivity index (χ1n) is 8.14. The minimum atomic E-state index is -0.795. The van der Waals surface area contributed by atoms with E-state index >= 15 is 0 Å². The molecular weight excluding hydrogens is 398 g/mol. The van der Waals surface area contributed by atoms with Crippen LogP contribution in [0.5, 0.6) is 0 Å². The molecule has 6 nitrogen and oxygen atoms in total. The smallest absolute Gasteiger partial charge is 0.407 e. The highest BCUT2D eigenvalue weighted by atomic mass is 79.9. The van der Waals surface area contributed by atoms with Gasteiger partial charge < -0.3 is 10.1 Å². The van der Waals surface area contributed by atoms with Crippen molar-refractivity contribution in [2.24, 2.45) is 5.10 Å². The summed E-state index contributed by atoms with van der Waals surface area (Å²) in [4.78, 5) is 24.2. The summed E-state index contributed by atoms with van der Waals surface area (Å²) in [7, 11) is 0. The number of alkyl carbamates (subject to hydrolysis) is 1. The van der Waals surface area contributed by atoms with Crippen molar-refractivity contribution >= 4 is 34.1 Å². The third-order valence-corrected chi connectivity index (χ3v) is 3.90. The number of hydrogen-bond donors (Lipinski definition) is 2. The molecule has 2 aromatic rings. The molecule has 0 heterocycles. The molecule has 0 aromatic heterocycles. The molecule has 2 rings (SSSR count). The Bertz CT molecular complexity index is 766. The van der Waals surface area contributed by atoms with E-state index in [1.54, 1.807) is 6.92 Å². The zero-order chi connectivity index (χ0) is 18.8. The summed E-state index contributed by atoms with van der Waals surface area (Å²) in [5, 5.41) is 6.53. The number of amides is 2. The molecule has 0 radical (unpaired) electrons. The van der Waals surface area contributed by atoms with E-state index < -0.39 is 18.0 Å². The average molecular weight is 418 g/mol. The standard InChI is InChI=1S/C19H20BrN3O3/c1-2-26-19(25)22-17(12-14-7-4-3-5-8-14)18(24)23-21-13-15-9-6-10-16(20)11-15/h3-11,13,17H,2,12H2,1H3,(H,22,25)(H,23,24)/b21-13-/t17-/m1/s1. The number of hydrazone groups is 1. The number of rotatable bonds is 7. The number of nitrogens with one attached hydrogen (secondary N) is 2. The van der Waals surface area contributed by atoms with E-state index in [2.05, 4.69) is 31.8 Å². The molecule has 0 aliphatic carbocycles. The molecule has 0 saturated carbocycles. The van der Waals surface area contributed by atoms with Gasteiger partial charge >= 0.3 is 6.09 Å². The van der Waals surface area contributed by atoms with Gasteiger partial charge in [0, 0.05) is 10.9 Å². The van der Waals surface area contributed by atoms with Gasteiger partial charge in [0.15, 0.2) is 0 Å². The zero-order valence-corrected chi connectivity index (χ0v) is 15.9. The predicted molar refractivity (Wildman–Crippen MR) is 104 cm³/mol. The number of carbonyl (C=O) groups is 2. The first-order valence-corrected chi connectivity index (χ1v) is 8.93. The van der Waals surface area contributed by atoms with Crippen molar-refractivity contribution in [3.63, 3.8) is 0 Å². The highest BCUT2D eigenvalue weighted by Gasteiger charge is 2.21. The summed E-state index contributed by atoms with van der Waals surface area (Å²) in [6.07, 6.45) is 1.23. The summed E-state index contributed by atoms with van der Waals surface area (Å²) in [6, 6.07) is 16.1. The van der Waals surface area contributed by atoms with Crippen LogP contribution in [0, 0.1) is 0 Å². The lowest BCUT2D eigenvalue weighted by Gasteiger charge is -2.16. The molecular formula is C19H20BrN3O3. The van der Waals surface area contributed by atoms with Crippen molar-refractivity contribution in [1.82, 2.24) is 10.7 Å². The minimum absolute atomic E-state index is 0.229. The molecule has 0 bridgehead atoms. The lowest BCUT2D eigenvalue weighted by molar-refractivity contribution is -0.123. The van der Waals surface area contributed by atoms with Crippen molar-refractivity contribution in [3.05, 3.63) is 70.2 Å². The monoisotopic (exact) mass is 417 g/mol. The lowest BCUT2D eigenvalue weighted by atomic mass is 10.1. The summed E-state index contributed by atoms with van der Waals surface area (Å²) in [5.41, 5.74) is 4.21. The van der Waals surface area contributed by atoms with Crippen LogP contribution in [0.25, 0.3) is 0 Å². The first kappa shape index (κ1) is 19.7. The maximum Gasteiger partial charge on any atom is 0.407 e. The molecule has 2 aromatic carbocycles. The molecule has 2 N–H and O–H groups in total. The van der Waals surface area contributed by atoms with Crippen LogP contribution in [0.3, 0.4) is 0 Å². The second-order valence-corrected chi connectivity index (χ2v) is 6.31. The summed E-state index contributed by atoms with van der Waals surface area (Å²) in [6.45, 7) is 1.93. The Hall–Kier alpha value is -2.67. The molecule has 0 aliphatic rings. The zero-order valence-electron chi connectivity index (χ0n) is 14.3. The van der Waals surface area contributed by atoms with Gasteiger partial charge in [-0.15, -0.1) is 0 Å². The predicted octanol–water partition coefficient (Wildman–Crippen LogP) is 3.26. The van der Waals surface area contributed by atoms with Crippen molar-refractivity contribution < 1.29 is 14.3 Å². The molecule has 0 unspecified atom stereocenters. The van der Waals surface area contributed by atoms with Gasteiger partial charge in [-0.2, -0.15) is 5.10 Å². The fourth-order valence-electron chi connectivity index (χ4n) is 2.21. The van der Waals surface area contributed by atoms with E-state index in [1.165, 1.54) is 6.21 Å². The van der Waals surface area contributed by atoms with Crippen LogP contribution >= 0.6 is 15.9 Å². The normalized spacial score (nSPS) is 11.8. The highest BCUT2D eigenvalue weighted by Crippen LogP contribution is 2.10. The van der Waals surface area contributed by atoms with E-state index in [1.807, 2.05) is 54.6 Å². The van der Waals surface area contributed by atoms with E-state index in [0.29, 0.717) is 6.42 Å². The molecule has 2 amide bonds. The first-order chi connectivity index (χ1) is 12.6. The number of carbonyl (C=O) groups excluding carboxylic acids is 2. The fourth-order valence-corrected chi connectivity index (χ4v) is 2.63. The van der Waals surface area contributed by atoms with Crippen molar-refractivity contribution in [2.45, 2.75) is 19.4 Å². The molecule has 7 heteroatoms. The topological polar surface area (TPSA) is 79.8 Å². The summed E-state index contributed by atoms with van der Waals surface area (Å²) >= 11 is 3.37. The van der Waals surface area contributed by atoms with Crippen molar-refractivity contribution in [2.75, 3.05) is 6.61 Å². The molecule has 26 heavy (non-hydrogen) atoms. The Kier molecular flexibility index (Phi) is 7.82. The maximum absolute atomic E-state index is 12.4. The third kappa shape index (κ3) is 6.68. The van der Waals surface area contributed by atoms with Gasteiger partial charge in [0.05, 0.1) is 12.8 Å². The number of benzene rings is 2. The second-order valence-electron chi connectivity index (χ2n) is 5.40. The Morgan fingerprint density at radius 2 is 1.96 bits per heavy atom. The number of halogens is 1. The van der Waals surface area contributed by atoms with Crippen molar-refractivity contribution in [1.29, 1.82) is 0 Å².